The SMILES string of the molecule is Br.CCOPOc1ccccc1C. The molecule has 0 heterocycles. The van der Waals surface area contributed by atoms with Crippen molar-refractivity contribution in [2.75, 3.05) is 6.61 Å². The van der Waals surface area contributed by atoms with E-state index in [9.17, 15) is 0 Å². The van der Waals surface area contributed by atoms with Gasteiger partial charge in [-0.1, -0.05) is 18.2 Å². The van der Waals surface area contributed by atoms with Crippen LogP contribution in [0.2, 0.25) is 0 Å². The van der Waals surface area contributed by atoms with E-state index < -0.39 is 0 Å². The Morgan fingerprint density at radius 1 is 1.31 bits per heavy atom. The summed E-state index contributed by atoms with van der Waals surface area (Å²) in [7, 11) is 0.106. The second-order valence-electron chi connectivity index (χ2n) is 2.38. The fraction of sp³-hybridized carbons (Fsp3) is 0.333. The van der Waals surface area contributed by atoms with Crippen LogP contribution in [-0.2, 0) is 4.52 Å². The van der Waals surface area contributed by atoms with Gasteiger partial charge < -0.3 is 9.05 Å². The fourth-order valence-corrected chi connectivity index (χ4v) is 1.30. The van der Waals surface area contributed by atoms with Gasteiger partial charge in [0, 0.05) is 0 Å². The van der Waals surface area contributed by atoms with Crippen molar-refractivity contribution in [3.8, 4) is 5.75 Å². The highest BCUT2D eigenvalue weighted by molar-refractivity contribution is 8.93. The Bertz CT molecular complexity index is 243. The first-order chi connectivity index (χ1) is 5.84. The van der Waals surface area contributed by atoms with Crippen LogP contribution >= 0.6 is 26.0 Å². The van der Waals surface area contributed by atoms with Crippen molar-refractivity contribution in [1.29, 1.82) is 0 Å². The predicted molar refractivity (Wildman–Crippen MR) is 62.1 cm³/mol. The number of hydrogen-bond acceptors (Lipinski definition) is 2. The molecule has 0 aromatic heterocycles. The Balaban J connectivity index is 0.00000144. The number of para-hydroxylation sites is 1. The van der Waals surface area contributed by atoms with Gasteiger partial charge in [-0.15, -0.1) is 17.0 Å². The first-order valence-corrected chi connectivity index (χ1v) is 4.75. The lowest BCUT2D eigenvalue weighted by atomic mass is 10.2. The molecule has 4 heteroatoms. The average molecular weight is 265 g/mol. The van der Waals surface area contributed by atoms with Crippen LogP contribution < -0.4 is 4.52 Å². The Labute approximate surface area is 91.4 Å². The highest BCUT2D eigenvalue weighted by Gasteiger charge is 1.95. The molecule has 1 aromatic rings. The Morgan fingerprint density at radius 3 is 2.62 bits per heavy atom. The molecule has 0 saturated heterocycles. The van der Waals surface area contributed by atoms with Crippen molar-refractivity contribution >= 4 is 26.0 Å². The average Bonchev–Trinajstić information content (AvgIpc) is 2.09. The van der Waals surface area contributed by atoms with E-state index >= 15 is 0 Å². The van der Waals surface area contributed by atoms with Gasteiger partial charge >= 0.3 is 0 Å². The van der Waals surface area contributed by atoms with Crippen LogP contribution in [0.25, 0.3) is 0 Å². The van der Waals surface area contributed by atoms with Gasteiger partial charge in [0.05, 0.1) is 6.61 Å². The molecule has 74 valence electrons. The summed E-state index contributed by atoms with van der Waals surface area (Å²) in [5.74, 6) is 0.907. The van der Waals surface area contributed by atoms with Gasteiger partial charge in [-0.2, -0.15) is 0 Å². The number of benzene rings is 1. The van der Waals surface area contributed by atoms with Gasteiger partial charge in [0.25, 0.3) is 0 Å². The minimum absolute atomic E-state index is 0. The first-order valence-electron chi connectivity index (χ1n) is 3.94. The minimum atomic E-state index is 0. The number of aryl methyl sites for hydroxylation is 1. The molecule has 1 atom stereocenters. The molecule has 2 nitrogen and oxygen atoms in total. The Morgan fingerprint density at radius 2 is 2.00 bits per heavy atom. The number of halogens is 1. The first kappa shape index (κ1) is 12.9. The summed E-state index contributed by atoms with van der Waals surface area (Å²) in [4.78, 5) is 0. The third-order valence-corrected chi connectivity index (χ3v) is 2.16. The van der Waals surface area contributed by atoms with Gasteiger partial charge in [0.2, 0.25) is 9.03 Å². The summed E-state index contributed by atoms with van der Waals surface area (Å²) in [6.45, 7) is 4.67. The molecular formula is C9H14BrO2P. The summed E-state index contributed by atoms with van der Waals surface area (Å²) >= 11 is 0. The zero-order chi connectivity index (χ0) is 8.81. The van der Waals surface area contributed by atoms with Crippen LogP contribution in [0.3, 0.4) is 0 Å². The van der Waals surface area contributed by atoms with Crippen LogP contribution in [0.15, 0.2) is 24.3 Å². The number of hydrogen-bond donors (Lipinski definition) is 0. The van der Waals surface area contributed by atoms with Crippen LogP contribution in [0.1, 0.15) is 12.5 Å². The van der Waals surface area contributed by atoms with E-state index in [4.69, 9.17) is 9.05 Å². The van der Waals surface area contributed by atoms with E-state index in [-0.39, 0.29) is 26.0 Å². The molecule has 0 radical (unpaired) electrons. The molecule has 0 N–H and O–H groups in total. The van der Waals surface area contributed by atoms with Crippen LogP contribution in [0.4, 0.5) is 0 Å². The van der Waals surface area contributed by atoms with Crippen molar-refractivity contribution in [1.82, 2.24) is 0 Å². The number of rotatable bonds is 4. The standard InChI is InChI=1S/C9H13O2P.BrH/c1-3-10-12-11-9-7-5-4-6-8(9)2;/h4-7,12H,3H2,1-2H3;1H. The van der Waals surface area contributed by atoms with Gasteiger partial charge in [0.1, 0.15) is 5.75 Å². The Kier molecular flexibility index (Phi) is 7.25. The Hall–Kier alpha value is -0.110. The molecule has 0 spiro atoms. The summed E-state index contributed by atoms with van der Waals surface area (Å²) < 4.78 is 10.5. The molecule has 1 aromatic carbocycles. The van der Waals surface area contributed by atoms with E-state index in [1.807, 2.05) is 38.1 Å². The molecule has 1 rings (SSSR count). The molecule has 0 aliphatic rings. The highest BCUT2D eigenvalue weighted by Crippen LogP contribution is 2.24. The molecule has 0 bridgehead atoms. The molecule has 0 aliphatic heterocycles. The van der Waals surface area contributed by atoms with E-state index in [1.165, 1.54) is 0 Å². The summed E-state index contributed by atoms with van der Waals surface area (Å²) in [6, 6.07) is 7.91. The summed E-state index contributed by atoms with van der Waals surface area (Å²) in [5.41, 5.74) is 1.14. The van der Waals surface area contributed by atoms with Crippen LogP contribution in [0.5, 0.6) is 5.75 Å². The molecule has 0 amide bonds. The maximum atomic E-state index is 5.38. The van der Waals surface area contributed by atoms with Crippen molar-refractivity contribution in [2.24, 2.45) is 0 Å². The molecule has 13 heavy (non-hydrogen) atoms. The van der Waals surface area contributed by atoms with Gasteiger partial charge in [-0.3, -0.25) is 0 Å². The molecule has 0 saturated carbocycles. The lowest BCUT2D eigenvalue weighted by Crippen LogP contribution is -1.84. The van der Waals surface area contributed by atoms with Gasteiger partial charge in [-0.25, -0.2) is 0 Å². The van der Waals surface area contributed by atoms with Crippen LogP contribution in [-0.4, -0.2) is 6.61 Å². The second kappa shape index (κ2) is 7.31. The monoisotopic (exact) mass is 264 g/mol. The predicted octanol–water partition coefficient (Wildman–Crippen LogP) is 3.50. The summed E-state index contributed by atoms with van der Waals surface area (Å²) in [5, 5.41) is 0. The third kappa shape index (κ3) is 4.61. The topological polar surface area (TPSA) is 18.5 Å². The van der Waals surface area contributed by atoms with Crippen molar-refractivity contribution in [3.05, 3.63) is 29.8 Å². The lowest BCUT2D eigenvalue weighted by molar-refractivity contribution is 0.351. The van der Waals surface area contributed by atoms with Crippen molar-refractivity contribution in [3.63, 3.8) is 0 Å². The third-order valence-electron chi connectivity index (χ3n) is 1.45. The molecular weight excluding hydrogens is 251 g/mol. The lowest BCUT2D eigenvalue weighted by Gasteiger charge is -2.06. The minimum Gasteiger partial charge on any atom is -0.449 e. The zero-order valence-electron chi connectivity index (χ0n) is 7.74. The fourth-order valence-electron chi connectivity index (χ4n) is 0.804. The normalized spacial score (nSPS) is 10.0. The van der Waals surface area contributed by atoms with E-state index in [2.05, 4.69) is 0 Å². The molecule has 0 fully saturated rings. The quantitative estimate of drug-likeness (QED) is 0.612. The van der Waals surface area contributed by atoms with Crippen LogP contribution in [0, 0.1) is 6.92 Å². The van der Waals surface area contributed by atoms with E-state index in [0.717, 1.165) is 11.3 Å². The van der Waals surface area contributed by atoms with Gasteiger partial charge in [0.15, 0.2) is 0 Å². The van der Waals surface area contributed by atoms with Gasteiger partial charge in [-0.05, 0) is 25.5 Å². The maximum Gasteiger partial charge on any atom is 0.215 e. The van der Waals surface area contributed by atoms with Crippen molar-refractivity contribution in [2.45, 2.75) is 13.8 Å². The zero-order valence-corrected chi connectivity index (χ0v) is 10.5. The smallest absolute Gasteiger partial charge is 0.215 e. The van der Waals surface area contributed by atoms with E-state index in [0.29, 0.717) is 6.61 Å². The molecule has 1 unspecified atom stereocenters. The molecule has 0 aliphatic carbocycles. The second-order valence-corrected chi connectivity index (χ2v) is 3.04. The largest absolute Gasteiger partial charge is 0.449 e. The maximum absolute atomic E-state index is 5.38. The highest BCUT2D eigenvalue weighted by atomic mass is 79.9. The van der Waals surface area contributed by atoms with Crippen molar-refractivity contribution < 1.29 is 9.05 Å². The van der Waals surface area contributed by atoms with E-state index in [1.54, 1.807) is 0 Å². The summed E-state index contributed by atoms with van der Waals surface area (Å²) in [6.07, 6.45) is 0.